The second-order valence-electron chi connectivity index (χ2n) is 6.01. The summed E-state index contributed by atoms with van der Waals surface area (Å²) in [6.45, 7) is 4.86. The fourth-order valence-corrected chi connectivity index (χ4v) is 5.15. The Morgan fingerprint density at radius 3 is 2.00 bits per heavy atom. The van der Waals surface area contributed by atoms with Crippen LogP contribution in [-0.4, -0.2) is 0 Å². The minimum absolute atomic E-state index is 0.702. The van der Waals surface area contributed by atoms with E-state index in [4.69, 9.17) is 0 Å². The molecule has 4 rings (SSSR count). The van der Waals surface area contributed by atoms with Crippen LogP contribution in [-0.2, 0) is 0 Å². The van der Waals surface area contributed by atoms with E-state index in [2.05, 4.69) is 13.8 Å². The normalized spacial score (nSPS) is 44.6. The molecule has 0 aromatic heterocycles. The van der Waals surface area contributed by atoms with E-state index in [9.17, 15) is 0 Å². The average Bonchev–Trinajstić information content (AvgIpc) is 2.18. The molecular formula is C14H23. The molecule has 0 aromatic carbocycles. The van der Waals surface area contributed by atoms with Gasteiger partial charge in [0.2, 0.25) is 0 Å². The minimum Gasteiger partial charge on any atom is -0.0648 e. The molecule has 4 bridgehead atoms. The summed E-state index contributed by atoms with van der Waals surface area (Å²) < 4.78 is 0. The molecule has 1 radical (unpaired) electrons. The van der Waals surface area contributed by atoms with Crippen LogP contribution < -0.4 is 0 Å². The molecule has 0 aliphatic heterocycles. The number of hydrogen-bond donors (Lipinski definition) is 0. The van der Waals surface area contributed by atoms with Crippen LogP contribution in [0.1, 0.15) is 58.8 Å². The van der Waals surface area contributed by atoms with Gasteiger partial charge in [-0.1, -0.05) is 13.8 Å². The van der Waals surface area contributed by atoms with Gasteiger partial charge < -0.3 is 0 Å². The summed E-state index contributed by atoms with van der Waals surface area (Å²) >= 11 is 0. The van der Waals surface area contributed by atoms with E-state index in [0.29, 0.717) is 5.41 Å². The van der Waals surface area contributed by atoms with Crippen LogP contribution in [0.25, 0.3) is 0 Å². The lowest BCUT2D eigenvalue weighted by Gasteiger charge is -2.61. The molecule has 0 saturated heterocycles. The van der Waals surface area contributed by atoms with Gasteiger partial charge in [0.1, 0.15) is 0 Å². The number of rotatable bonds is 2. The predicted molar refractivity (Wildman–Crippen MR) is 59.8 cm³/mol. The highest BCUT2D eigenvalue weighted by molar-refractivity contribution is 5.19. The van der Waals surface area contributed by atoms with Crippen molar-refractivity contribution in [3.63, 3.8) is 0 Å². The molecule has 14 heavy (non-hydrogen) atoms. The first-order chi connectivity index (χ1) is 6.78. The second-order valence-corrected chi connectivity index (χ2v) is 6.01. The Labute approximate surface area is 88.5 Å². The van der Waals surface area contributed by atoms with Gasteiger partial charge in [0.15, 0.2) is 0 Å². The van der Waals surface area contributed by atoms with Gasteiger partial charge in [0.05, 0.1) is 0 Å². The van der Waals surface area contributed by atoms with Gasteiger partial charge in [-0.25, -0.2) is 0 Å². The van der Waals surface area contributed by atoms with Gasteiger partial charge in [0.25, 0.3) is 0 Å². The Morgan fingerprint density at radius 2 is 1.57 bits per heavy atom. The molecule has 0 heterocycles. The third-order valence-electron chi connectivity index (χ3n) is 5.72. The van der Waals surface area contributed by atoms with Crippen molar-refractivity contribution in [3.05, 3.63) is 5.92 Å². The Morgan fingerprint density at radius 1 is 1.00 bits per heavy atom. The zero-order valence-electron chi connectivity index (χ0n) is 9.68. The first kappa shape index (κ1) is 9.24. The van der Waals surface area contributed by atoms with Crippen LogP contribution in [0.15, 0.2) is 0 Å². The maximum Gasteiger partial charge on any atom is -0.0171 e. The molecule has 2 atom stereocenters. The highest BCUT2D eigenvalue weighted by atomic mass is 14.6. The van der Waals surface area contributed by atoms with Crippen LogP contribution >= 0.6 is 0 Å². The molecule has 0 aromatic rings. The lowest BCUT2D eigenvalue weighted by molar-refractivity contribution is -0.0318. The Bertz CT molecular complexity index is 194. The van der Waals surface area contributed by atoms with Gasteiger partial charge in [-0.3, -0.25) is 0 Å². The zero-order valence-corrected chi connectivity index (χ0v) is 9.68. The molecule has 0 amide bonds. The first-order valence-electron chi connectivity index (χ1n) is 6.63. The van der Waals surface area contributed by atoms with E-state index < -0.39 is 0 Å². The molecule has 0 N–H and O–H groups in total. The maximum atomic E-state index is 2.43. The van der Waals surface area contributed by atoms with E-state index in [-0.39, 0.29) is 0 Å². The van der Waals surface area contributed by atoms with Gasteiger partial charge in [-0.2, -0.15) is 0 Å². The van der Waals surface area contributed by atoms with Crippen molar-refractivity contribution in [2.75, 3.05) is 0 Å². The summed E-state index contributed by atoms with van der Waals surface area (Å²) in [7, 11) is 0. The lowest BCUT2D eigenvalue weighted by atomic mass is 9.44. The van der Waals surface area contributed by atoms with Gasteiger partial charge in [0, 0.05) is 0 Å². The van der Waals surface area contributed by atoms with Gasteiger partial charge in [-0.05, 0) is 74.0 Å². The van der Waals surface area contributed by atoms with E-state index in [1.165, 1.54) is 25.7 Å². The third-order valence-corrected chi connectivity index (χ3v) is 5.72. The van der Waals surface area contributed by atoms with Crippen LogP contribution in [0.4, 0.5) is 0 Å². The van der Waals surface area contributed by atoms with Crippen LogP contribution in [0.2, 0.25) is 0 Å². The molecule has 4 aliphatic rings. The smallest absolute Gasteiger partial charge is 0.0171 e. The minimum atomic E-state index is 0.702. The van der Waals surface area contributed by atoms with Crippen molar-refractivity contribution >= 4 is 0 Å². The highest BCUT2D eigenvalue weighted by Crippen LogP contribution is 2.65. The van der Waals surface area contributed by atoms with Crippen molar-refractivity contribution in [1.29, 1.82) is 0 Å². The summed E-state index contributed by atoms with van der Waals surface area (Å²) in [5.41, 5.74) is 0.702. The average molecular weight is 191 g/mol. The molecular weight excluding hydrogens is 168 g/mol. The first-order valence-corrected chi connectivity index (χ1v) is 6.63. The van der Waals surface area contributed by atoms with E-state index in [0.717, 1.165) is 17.8 Å². The van der Waals surface area contributed by atoms with Gasteiger partial charge >= 0.3 is 0 Å². The lowest BCUT2D eigenvalue weighted by Crippen LogP contribution is -2.51. The molecule has 4 saturated carbocycles. The fourth-order valence-electron chi connectivity index (χ4n) is 5.15. The largest absolute Gasteiger partial charge is 0.0648 e. The van der Waals surface area contributed by atoms with Crippen LogP contribution in [0, 0.1) is 29.1 Å². The highest BCUT2D eigenvalue weighted by Gasteiger charge is 2.55. The van der Waals surface area contributed by atoms with E-state index in [1.807, 2.05) is 5.92 Å². The van der Waals surface area contributed by atoms with Crippen LogP contribution in [0.3, 0.4) is 0 Å². The van der Waals surface area contributed by atoms with Gasteiger partial charge in [-0.15, -0.1) is 0 Å². The molecule has 4 fully saturated rings. The fraction of sp³-hybridized carbons (Fsp3) is 0.929. The Balaban J connectivity index is 1.93. The van der Waals surface area contributed by atoms with Crippen molar-refractivity contribution < 1.29 is 0 Å². The summed E-state index contributed by atoms with van der Waals surface area (Å²) in [4.78, 5) is 0. The predicted octanol–water partition coefficient (Wildman–Crippen LogP) is 4.21. The summed E-state index contributed by atoms with van der Waals surface area (Å²) in [6, 6.07) is 0. The number of hydrogen-bond acceptors (Lipinski definition) is 0. The third kappa shape index (κ3) is 1.01. The SMILES string of the molecule is CCC1(CC)[C]2CC3CC(C2)CC1C3. The topological polar surface area (TPSA) is 0 Å². The summed E-state index contributed by atoms with van der Waals surface area (Å²) in [5, 5.41) is 0. The standard InChI is InChI=1S/C14H23/c1-3-14(4-2)12-6-10-5-11(8-12)9-13(14)7-10/h10-12H,3-9H2,1-2H3. The summed E-state index contributed by atoms with van der Waals surface area (Å²) in [5.74, 6) is 5.28. The van der Waals surface area contributed by atoms with E-state index in [1.54, 1.807) is 19.3 Å². The quantitative estimate of drug-likeness (QED) is 0.613. The molecule has 2 unspecified atom stereocenters. The Kier molecular flexibility index (Phi) is 1.98. The van der Waals surface area contributed by atoms with Crippen molar-refractivity contribution in [3.8, 4) is 0 Å². The molecule has 4 aliphatic carbocycles. The van der Waals surface area contributed by atoms with Crippen LogP contribution in [0.5, 0.6) is 0 Å². The maximum absolute atomic E-state index is 2.43. The zero-order chi connectivity index (χ0) is 9.76. The molecule has 0 heteroatoms. The summed E-state index contributed by atoms with van der Waals surface area (Å²) in [6.07, 6.45) is 10.6. The van der Waals surface area contributed by atoms with Crippen molar-refractivity contribution in [2.24, 2.45) is 23.2 Å². The van der Waals surface area contributed by atoms with Crippen molar-refractivity contribution in [1.82, 2.24) is 0 Å². The molecule has 0 nitrogen and oxygen atoms in total. The van der Waals surface area contributed by atoms with Crippen molar-refractivity contribution in [2.45, 2.75) is 58.8 Å². The monoisotopic (exact) mass is 191 g/mol. The molecule has 79 valence electrons. The molecule has 0 spiro atoms. The Hall–Kier alpha value is 0. The second kappa shape index (κ2) is 3.00. The van der Waals surface area contributed by atoms with E-state index >= 15 is 0 Å².